The zero-order chi connectivity index (χ0) is 14.0. The Kier molecular flexibility index (Phi) is 3.61. The van der Waals surface area contributed by atoms with E-state index in [2.05, 4.69) is 31.4 Å². The summed E-state index contributed by atoms with van der Waals surface area (Å²) in [4.78, 5) is 22.0. The Hall–Kier alpha value is -2.22. The van der Waals surface area contributed by atoms with Gasteiger partial charge in [-0.3, -0.25) is 9.59 Å². The highest BCUT2D eigenvalue weighted by Gasteiger charge is 2.17. The Balaban J connectivity index is 2.40. The fraction of sp³-hybridized carbons (Fsp3) is 0.0909. The molecule has 8 heteroatoms. The number of rotatable bonds is 3. The molecule has 0 unspecified atom stereocenters. The van der Waals surface area contributed by atoms with Crippen LogP contribution in [0.4, 0.5) is 0 Å². The molecule has 1 aromatic carbocycles. The summed E-state index contributed by atoms with van der Waals surface area (Å²) < 4.78 is 0.761. The molecule has 2 rings (SSSR count). The minimum Gasteiger partial charge on any atom is -0.505 e. The van der Waals surface area contributed by atoms with Crippen molar-refractivity contribution < 1.29 is 19.8 Å². The van der Waals surface area contributed by atoms with Crippen molar-refractivity contribution in [2.75, 3.05) is 6.54 Å². The van der Waals surface area contributed by atoms with Gasteiger partial charge in [-0.05, 0) is 18.2 Å². The third-order valence-corrected chi connectivity index (χ3v) is 2.81. The molecule has 19 heavy (non-hydrogen) atoms. The Morgan fingerprint density at radius 2 is 2.05 bits per heavy atom. The van der Waals surface area contributed by atoms with Gasteiger partial charge in [-0.25, -0.2) is 0 Å². The summed E-state index contributed by atoms with van der Waals surface area (Å²) in [6.45, 7) is -0.557. The van der Waals surface area contributed by atoms with Gasteiger partial charge in [0, 0.05) is 9.86 Å². The molecule has 7 nitrogen and oxygen atoms in total. The maximum atomic E-state index is 11.6. The number of nitrogens with zero attached hydrogens (tertiary/aromatic N) is 2. The predicted molar refractivity (Wildman–Crippen MR) is 68.9 cm³/mol. The maximum Gasteiger partial charge on any atom is 0.322 e. The molecule has 0 bridgehead atoms. The van der Waals surface area contributed by atoms with Gasteiger partial charge >= 0.3 is 5.97 Å². The first-order chi connectivity index (χ1) is 8.99. The van der Waals surface area contributed by atoms with Crippen molar-refractivity contribution in [3.8, 4) is 5.75 Å². The van der Waals surface area contributed by atoms with Gasteiger partial charge in [0.1, 0.15) is 6.54 Å². The smallest absolute Gasteiger partial charge is 0.322 e. The first-order valence-corrected chi connectivity index (χ1v) is 5.93. The molecule has 2 aromatic rings. The SMILES string of the molecule is O=C(O)CNC(=O)c1nnc2cc(Br)ccc2c1O. The standard InChI is InChI=1S/C11H8BrN3O4/c12-5-1-2-6-7(3-5)14-15-9(10(6)18)11(19)13-4-8(16)17/h1-3H,4H2,(H,13,19)(H,14,18)(H,16,17). The number of fused-ring (bicyclic) bond motifs is 1. The maximum absolute atomic E-state index is 11.6. The zero-order valence-electron chi connectivity index (χ0n) is 9.42. The first-order valence-electron chi connectivity index (χ1n) is 5.14. The Labute approximate surface area is 115 Å². The second kappa shape index (κ2) is 5.19. The van der Waals surface area contributed by atoms with E-state index < -0.39 is 18.4 Å². The lowest BCUT2D eigenvalue weighted by atomic mass is 10.2. The van der Waals surface area contributed by atoms with Crippen LogP contribution in [0.5, 0.6) is 5.75 Å². The summed E-state index contributed by atoms with van der Waals surface area (Å²) in [5.74, 6) is -2.32. The lowest BCUT2D eigenvalue weighted by Gasteiger charge is -2.06. The summed E-state index contributed by atoms with van der Waals surface area (Å²) in [5, 5.41) is 28.3. The van der Waals surface area contributed by atoms with E-state index in [1.54, 1.807) is 18.2 Å². The Bertz CT molecular complexity index is 674. The molecule has 0 saturated carbocycles. The lowest BCUT2D eigenvalue weighted by molar-refractivity contribution is -0.135. The van der Waals surface area contributed by atoms with E-state index in [9.17, 15) is 14.7 Å². The number of hydrogen-bond acceptors (Lipinski definition) is 5. The number of carbonyl (C=O) groups excluding carboxylic acids is 1. The molecule has 0 aliphatic carbocycles. The van der Waals surface area contributed by atoms with E-state index >= 15 is 0 Å². The number of carboxylic acids is 1. The number of amides is 1. The van der Waals surface area contributed by atoms with Gasteiger partial charge in [0.2, 0.25) is 0 Å². The topological polar surface area (TPSA) is 112 Å². The van der Waals surface area contributed by atoms with E-state index in [1.165, 1.54) is 0 Å². The quantitative estimate of drug-likeness (QED) is 0.773. The van der Waals surface area contributed by atoms with Gasteiger partial charge in [-0.15, -0.1) is 10.2 Å². The molecule has 1 heterocycles. The molecule has 1 amide bonds. The summed E-state index contributed by atoms with van der Waals surface area (Å²) >= 11 is 3.25. The molecule has 0 radical (unpaired) electrons. The monoisotopic (exact) mass is 325 g/mol. The average Bonchev–Trinajstić information content (AvgIpc) is 2.36. The summed E-state index contributed by atoms with van der Waals surface area (Å²) in [6.07, 6.45) is 0. The van der Waals surface area contributed by atoms with Crippen LogP contribution in [0.25, 0.3) is 10.9 Å². The van der Waals surface area contributed by atoms with E-state index in [4.69, 9.17) is 5.11 Å². The number of aromatic hydroxyl groups is 1. The molecule has 0 atom stereocenters. The normalized spacial score (nSPS) is 10.4. The van der Waals surface area contributed by atoms with Gasteiger partial charge in [0.25, 0.3) is 5.91 Å². The lowest BCUT2D eigenvalue weighted by Crippen LogP contribution is -2.30. The number of aliphatic carboxylic acids is 1. The van der Waals surface area contributed by atoms with Crippen LogP contribution in [0, 0.1) is 0 Å². The predicted octanol–water partition coefficient (Wildman–Crippen LogP) is 0.912. The zero-order valence-corrected chi connectivity index (χ0v) is 11.0. The molecular formula is C11H8BrN3O4. The fourth-order valence-corrected chi connectivity index (χ4v) is 1.81. The minimum absolute atomic E-state index is 0.309. The highest BCUT2D eigenvalue weighted by Crippen LogP contribution is 2.27. The minimum atomic E-state index is -1.19. The number of carbonyl (C=O) groups is 2. The van der Waals surface area contributed by atoms with E-state index in [0.717, 1.165) is 4.47 Å². The Morgan fingerprint density at radius 3 is 2.74 bits per heavy atom. The average molecular weight is 326 g/mol. The van der Waals surface area contributed by atoms with Crippen molar-refractivity contribution in [2.45, 2.75) is 0 Å². The van der Waals surface area contributed by atoms with E-state index in [1.807, 2.05) is 0 Å². The van der Waals surface area contributed by atoms with E-state index in [-0.39, 0.29) is 11.4 Å². The summed E-state index contributed by atoms with van der Waals surface area (Å²) in [5.41, 5.74) is 0.109. The van der Waals surface area contributed by atoms with Crippen LogP contribution in [0.1, 0.15) is 10.5 Å². The van der Waals surface area contributed by atoms with Crippen LogP contribution < -0.4 is 5.32 Å². The highest BCUT2D eigenvalue weighted by atomic mass is 79.9. The Morgan fingerprint density at radius 1 is 1.32 bits per heavy atom. The van der Waals surface area contributed by atoms with Crippen molar-refractivity contribution in [3.05, 3.63) is 28.4 Å². The second-order valence-corrected chi connectivity index (χ2v) is 4.55. The van der Waals surface area contributed by atoms with Gasteiger partial charge in [-0.1, -0.05) is 15.9 Å². The number of carboxylic acid groups (broad SMARTS) is 1. The van der Waals surface area contributed by atoms with Crippen LogP contribution in [0.15, 0.2) is 22.7 Å². The van der Waals surface area contributed by atoms with Gasteiger partial charge in [0.05, 0.1) is 5.52 Å². The third kappa shape index (κ3) is 2.79. The molecule has 1 aromatic heterocycles. The van der Waals surface area contributed by atoms with Crippen LogP contribution in [0.2, 0.25) is 0 Å². The molecule has 0 aliphatic rings. The van der Waals surface area contributed by atoms with Gasteiger partial charge < -0.3 is 15.5 Å². The molecule has 0 aliphatic heterocycles. The number of nitrogens with one attached hydrogen (secondary N) is 1. The largest absolute Gasteiger partial charge is 0.505 e. The van der Waals surface area contributed by atoms with Crippen LogP contribution >= 0.6 is 15.9 Å². The molecule has 0 spiro atoms. The van der Waals surface area contributed by atoms with E-state index in [0.29, 0.717) is 10.9 Å². The molecular weight excluding hydrogens is 318 g/mol. The van der Waals surface area contributed by atoms with Crippen LogP contribution in [-0.2, 0) is 4.79 Å². The molecule has 3 N–H and O–H groups in total. The van der Waals surface area contributed by atoms with Crippen molar-refractivity contribution in [1.82, 2.24) is 15.5 Å². The number of hydrogen-bond donors (Lipinski definition) is 3. The highest BCUT2D eigenvalue weighted by molar-refractivity contribution is 9.10. The second-order valence-electron chi connectivity index (χ2n) is 3.64. The summed E-state index contributed by atoms with van der Waals surface area (Å²) in [6, 6.07) is 4.90. The van der Waals surface area contributed by atoms with Crippen LogP contribution in [0.3, 0.4) is 0 Å². The van der Waals surface area contributed by atoms with Crippen molar-refractivity contribution >= 4 is 38.7 Å². The van der Waals surface area contributed by atoms with Crippen molar-refractivity contribution in [3.63, 3.8) is 0 Å². The van der Waals surface area contributed by atoms with Gasteiger partial charge in [0.15, 0.2) is 11.4 Å². The number of benzene rings is 1. The third-order valence-electron chi connectivity index (χ3n) is 2.31. The number of halogens is 1. The van der Waals surface area contributed by atoms with Gasteiger partial charge in [-0.2, -0.15) is 0 Å². The van der Waals surface area contributed by atoms with Crippen molar-refractivity contribution in [2.24, 2.45) is 0 Å². The van der Waals surface area contributed by atoms with Crippen LogP contribution in [-0.4, -0.2) is 38.8 Å². The molecule has 0 fully saturated rings. The van der Waals surface area contributed by atoms with Crippen molar-refractivity contribution in [1.29, 1.82) is 0 Å². The molecule has 0 saturated heterocycles. The fourth-order valence-electron chi connectivity index (χ4n) is 1.46. The summed E-state index contributed by atoms with van der Waals surface area (Å²) in [7, 11) is 0. The number of aromatic nitrogens is 2. The first kappa shape index (κ1) is 13.2. The molecule has 98 valence electrons.